The Balaban J connectivity index is 1.34. The summed E-state index contributed by atoms with van der Waals surface area (Å²) in [5.74, 6) is -7.02. The summed E-state index contributed by atoms with van der Waals surface area (Å²) in [6.07, 6.45) is 3.30. The molecule has 2 fully saturated rings. The van der Waals surface area contributed by atoms with Crippen LogP contribution in [0.25, 0.3) is 0 Å². The van der Waals surface area contributed by atoms with E-state index in [9.17, 15) is 38.4 Å². The van der Waals surface area contributed by atoms with Gasteiger partial charge >= 0.3 is 12.1 Å². The number of hydrogen-bond acceptors (Lipinski definition) is 12. The molecular weight excluding hydrogens is 752 g/mol. The van der Waals surface area contributed by atoms with Gasteiger partial charge in [-0.3, -0.25) is 33.8 Å². The van der Waals surface area contributed by atoms with E-state index in [0.29, 0.717) is 19.4 Å². The third-order valence-corrected chi connectivity index (χ3v) is 10.6. The van der Waals surface area contributed by atoms with Crippen LogP contribution in [0.15, 0.2) is 42.9 Å². The van der Waals surface area contributed by atoms with Crippen molar-refractivity contribution in [2.45, 2.75) is 90.7 Å². The molecule has 18 nitrogen and oxygen atoms in total. The van der Waals surface area contributed by atoms with Gasteiger partial charge in [-0.05, 0) is 35.8 Å². The molecule has 312 valence electrons. The molecule has 1 aromatic heterocycles. The number of likely N-dealkylation sites (tertiary alicyclic amines) is 1. The quantitative estimate of drug-likeness (QED) is 0.128. The van der Waals surface area contributed by atoms with E-state index in [1.54, 1.807) is 34.6 Å². The number of esters is 1. The van der Waals surface area contributed by atoms with Crippen molar-refractivity contribution in [1.29, 1.82) is 0 Å². The molecule has 0 aliphatic carbocycles. The molecule has 18 heteroatoms. The summed E-state index contributed by atoms with van der Waals surface area (Å²) in [5.41, 5.74) is 2.08. The highest BCUT2D eigenvalue weighted by Crippen LogP contribution is 2.27. The third kappa shape index (κ3) is 10.1. The van der Waals surface area contributed by atoms with Crippen LogP contribution in [-0.4, -0.2) is 136 Å². The molecule has 2 saturated heterocycles. The summed E-state index contributed by atoms with van der Waals surface area (Å²) in [6.45, 7) is 8.93. The Kier molecular flexibility index (Phi) is 14.1. The summed E-state index contributed by atoms with van der Waals surface area (Å²) in [7, 11) is 1.18. The highest BCUT2D eigenvalue weighted by molar-refractivity contribution is 6.39. The average Bonchev–Trinajstić information content (AvgIpc) is 3.91. The molecule has 3 aliphatic heterocycles. The first-order valence-corrected chi connectivity index (χ1v) is 19.6. The van der Waals surface area contributed by atoms with E-state index in [4.69, 9.17) is 4.74 Å². The minimum atomic E-state index is -1.25. The van der Waals surface area contributed by atoms with Gasteiger partial charge in [-0.25, -0.2) is 14.6 Å². The third-order valence-electron chi connectivity index (χ3n) is 10.6. The molecule has 0 saturated carbocycles. The van der Waals surface area contributed by atoms with Crippen LogP contribution in [0.5, 0.6) is 0 Å². The predicted octanol–water partition coefficient (Wildman–Crippen LogP) is 0.632. The zero-order valence-corrected chi connectivity index (χ0v) is 33.6. The maximum atomic E-state index is 14.3. The Bertz CT molecular complexity index is 1890. The number of carbonyl (C=O) groups is 8. The summed E-state index contributed by atoms with van der Waals surface area (Å²) < 4.78 is 10.7. The van der Waals surface area contributed by atoms with Gasteiger partial charge in [0.05, 0.1) is 38.4 Å². The molecule has 0 spiro atoms. The fourth-order valence-electron chi connectivity index (χ4n) is 7.13. The zero-order chi connectivity index (χ0) is 42.3. The van der Waals surface area contributed by atoms with Crippen molar-refractivity contribution in [2.24, 2.45) is 17.8 Å². The number of benzene rings is 1. The lowest BCUT2D eigenvalue weighted by Crippen LogP contribution is -2.57. The molecule has 6 atom stereocenters. The van der Waals surface area contributed by atoms with Crippen LogP contribution >= 0.6 is 0 Å². The fourth-order valence-corrected chi connectivity index (χ4v) is 7.13. The monoisotopic (exact) mass is 804 g/mol. The van der Waals surface area contributed by atoms with E-state index in [1.165, 1.54) is 35.5 Å². The minimum absolute atomic E-state index is 0.0100. The highest BCUT2D eigenvalue weighted by atomic mass is 16.6. The number of Topliss-reactive ketones (excluding diaryl/α,β-unsaturated/α-hetero) is 1. The number of rotatable bonds is 15. The normalized spacial score (nSPS) is 20.0. The number of hydrogen-bond donors (Lipinski definition) is 3. The second-order valence-electron chi connectivity index (χ2n) is 15.4. The van der Waals surface area contributed by atoms with Crippen molar-refractivity contribution < 1.29 is 47.8 Å². The van der Waals surface area contributed by atoms with Crippen molar-refractivity contribution in [3.05, 3.63) is 59.7 Å². The van der Waals surface area contributed by atoms with Gasteiger partial charge in [0.25, 0.3) is 11.8 Å². The Hall–Kier alpha value is -5.94. The van der Waals surface area contributed by atoms with Gasteiger partial charge in [-0.15, -0.1) is 0 Å². The Morgan fingerprint density at radius 1 is 0.862 bits per heavy atom. The molecule has 0 bridgehead atoms. The SMILES string of the molecule is CCC[C@H](NC(=O)C1CN(C(=O)[C@@H](NC(=O)[C@@H](NC(=O)c2cnccn2)C(C)C)C(C)C)C[C@@H]1OC(=O)N1CCc2ccccc2C1)C(=O)C(=O)N1CC1C(=O)OC. The first-order chi connectivity index (χ1) is 27.6. The molecule has 0 radical (unpaired) electrons. The van der Waals surface area contributed by atoms with Crippen molar-refractivity contribution in [3.8, 4) is 0 Å². The number of nitrogens with zero attached hydrogens (tertiary/aromatic N) is 5. The van der Waals surface area contributed by atoms with Gasteiger partial charge in [-0.2, -0.15) is 0 Å². The lowest BCUT2D eigenvalue weighted by molar-refractivity contribution is -0.147. The topological polar surface area (TPSA) is 226 Å². The van der Waals surface area contributed by atoms with Crippen molar-refractivity contribution in [1.82, 2.24) is 40.6 Å². The largest absolute Gasteiger partial charge is 0.467 e. The number of aromatic nitrogens is 2. The fraction of sp³-hybridized carbons (Fsp3) is 0.550. The summed E-state index contributed by atoms with van der Waals surface area (Å²) >= 11 is 0. The van der Waals surface area contributed by atoms with Gasteiger partial charge < -0.3 is 40.1 Å². The van der Waals surface area contributed by atoms with Crippen LogP contribution < -0.4 is 16.0 Å². The van der Waals surface area contributed by atoms with Gasteiger partial charge in [-0.1, -0.05) is 65.3 Å². The first-order valence-electron chi connectivity index (χ1n) is 19.6. The second kappa shape index (κ2) is 19.0. The van der Waals surface area contributed by atoms with E-state index in [2.05, 4.69) is 30.7 Å². The summed E-state index contributed by atoms with van der Waals surface area (Å²) in [6, 6.07) is 3.43. The number of ketones is 1. The number of ether oxygens (including phenoxy) is 2. The van der Waals surface area contributed by atoms with Crippen LogP contribution in [0, 0.1) is 17.8 Å². The van der Waals surface area contributed by atoms with Crippen LogP contribution in [0.4, 0.5) is 4.79 Å². The molecule has 58 heavy (non-hydrogen) atoms. The lowest BCUT2D eigenvalue weighted by atomic mass is 9.99. The van der Waals surface area contributed by atoms with Gasteiger partial charge in [0.15, 0.2) is 0 Å². The number of methoxy groups -OCH3 is 1. The predicted molar refractivity (Wildman–Crippen MR) is 205 cm³/mol. The summed E-state index contributed by atoms with van der Waals surface area (Å²) in [4.78, 5) is 119. The number of fused-ring (bicyclic) bond motifs is 1. The van der Waals surface area contributed by atoms with Crippen LogP contribution in [-0.2, 0) is 51.2 Å². The average molecular weight is 805 g/mol. The summed E-state index contributed by atoms with van der Waals surface area (Å²) in [5, 5.41) is 8.12. The number of amides is 6. The Labute approximate surface area is 336 Å². The van der Waals surface area contributed by atoms with Gasteiger partial charge in [0.1, 0.15) is 29.9 Å². The molecule has 3 N–H and O–H groups in total. The van der Waals surface area contributed by atoms with E-state index in [0.717, 1.165) is 16.0 Å². The van der Waals surface area contributed by atoms with E-state index in [-0.39, 0.29) is 44.2 Å². The molecule has 6 amide bonds. The minimum Gasteiger partial charge on any atom is -0.467 e. The van der Waals surface area contributed by atoms with Crippen molar-refractivity contribution in [2.75, 3.05) is 33.3 Å². The maximum Gasteiger partial charge on any atom is 0.410 e. The second-order valence-corrected chi connectivity index (χ2v) is 15.4. The van der Waals surface area contributed by atoms with E-state index < -0.39 is 89.5 Å². The van der Waals surface area contributed by atoms with Crippen molar-refractivity contribution in [3.63, 3.8) is 0 Å². The van der Waals surface area contributed by atoms with Crippen LogP contribution in [0.3, 0.4) is 0 Å². The smallest absolute Gasteiger partial charge is 0.410 e. The Morgan fingerprint density at radius 2 is 1.57 bits per heavy atom. The molecule has 1 aromatic carbocycles. The molecule has 3 aliphatic rings. The zero-order valence-electron chi connectivity index (χ0n) is 33.6. The highest BCUT2D eigenvalue weighted by Gasteiger charge is 2.50. The molecule has 2 aromatic rings. The number of carbonyl (C=O) groups excluding carboxylic acids is 8. The molecule has 4 heterocycles. The Morgan fingerprint density at radius 3 is 2.21 bits per heavy atom. The van der Waals surface area contributed by atoms with Gasteiger partial charge in [0, 0.05) is 32.0 Å². The van der Waals surface area contributed by atoms with E-state index in [1.807, 2.05) is 24.3 Å². The first kappa shape index (κ1) is 43.2. The molecule has 2 unspecified atom stereocenters. The van der Waals surface area contributed by atoms with Crippen LogP contribution in [0.1, 0.15) is 69.1 Å². The van der Waals surface area contributed by atoms with Crippen molar-refractivity contribution >= 4 is 47.4 Å². The molecular formula is C40H52N8O10. The maximum absolute atomic E-state index is 14.3. The van der Waals surface area contributed by atoms with Crippen LogP contribution in [0.2, 0.25) is 0 Å². The molecule has 5 rings (SSSR count). The lowest BCUT2D eigenvalue weighted by Gasteiger charge is -2.30. The number of nitrogens with one attached hydrogen (secondary N) is 3. The standard InChI is InChI=1S/C40H52N8O10/c1-7-10-27(33(49)38(54)48-20-29(48)39(55)57-6)43-34(50)26-19-47(21-30(26)58-40(56)46-16-13-24-11-8-9-12-25(24)18-46)37(53)32(23(4)5)45-36(52)31(22(2)3)44-35(51)28-17-41-14-15-42-28/h8-9,11-12,14-15,17,22-23,26-27,29-32H,7,10,13,16,18-21H2,1-6H3,(H,43,50)(H,44,51)(H,45,52)/t26?,27-,29?,30-,31-,32-,48?/m0/s1. The van der Waals surface area contributed by atoms with E-state index >= 15 is 0 Å². The van der Waals surface area contributed by atoms with Gasteiger partial charge in [0.2, 0.25) is 23.5 Å².